The minimum Gasteiger partial charge on any atom is -0.481 e. The molecule has 0 bridgehead atoms. The molecule has 1 atom stereocenters. The summed E-state index contributed by atoms with van der Waals surface area (Å²) in [6, 6.07) is 18.9. The Morgan fingerprint density at radius 3 is 2.58 bits per heavy atom. The number of carbonyl (C=O) groups excluding carboxylic acids is 2. The summed E-state index contributed by atoms with van der Waals surface area (Å²) in [5.74, 6) is -0.900. The quantitative estimate of drug-likeness (QED) is 0.314. The highest BCUT2D eigenvalue weighted by Crippen LogP contribution is 2.35. The smallest absolute Gasteiger partial charge is 0.305 e. The Morgan fingerprint density at radius 1 is 1.08 bits per heavy atom. The Labute approximate surface area is 233 Å². The van der Waals surface area contributed by atoms with Gasteiger partial charge in [-0.15, -0.1) is 12.4 Å². The van der Waals surface area contributed by atoms with Crippen LogP contribution in [0.4, 0.5) is 11.4 Å². The van der Waals surface area contributed by atoms with Crippen LogP contribution in [0.2, 0.25) is 0 Å². The lowest BCUT2D eigenvalue weighted by Crippen LogP contribution is -2.30. The van der Waals surface area contributed by atoms with Crippen LogP contribution in [-0.2, 0) is 11.3 Å². The number of carboxylic acid groups (broad SMARTS) is 1. The zero-order valence-electron chi connectivity index (χ0n) is 20.1. The van der Waals surface area contributed by atoms with Gasteiger partial charge in [0.05, 0.1) is 19.0 Å². The molecule has 1 unspecified atom stereocenters. The number of rotatable bonds is 7. The molecule has 2 heterocycles. The summed E-state index contributed by atoms with van der Waals surface area (Å²) in [6.45, 7) is 1.77. The first kappa shape index (κ1) is 27.2. The number of benzene rings is 3. The van der Waals surface area contributed by atoms with Crippen molar-refractivity contribution in [3.8, 4) is 0 Å². The minimum absolute atomic E-state index is 0. The molecule has 38 heavy (non-hydrogen) atoms. The predicted octanol–water partition coefficient (Wildman–Crippen LogP) is 4.67. The van der Waals surface area contributed by atoms with Crippen molar-refractivity contribution in [1.29, 1.82) is 0 Å². The van der Waals surface area contributed by atoms with Crippen molar-refractivity contribution in [1.82, 2.24) is 10.2 Å². The molecule has 11 heteroatoms. The lowest BCUT2D eigenvalue weighted by Gasteiger charge is -2.27. The standard InChI is InChI=1S/C27H24BrN5O4.ClH/c28-19-7-4-16(5-8-19)23(14-24(34)35)33-15-18-6-9-21(13-22(18)26(33)37)31-25(36)17-2-1-3-20(12-17)32-27-29-10-11-30-27;/h1-9,12-13,23H,10-11,14-15H2,(H,31,36)(H,34,35)(H2,29,30,32);1H. The maximum Gasteiger partial charge on any atom is 0.305 e. The zero-order chi connectivity index (χ0) is 25.9. The number of nitrogens with one attached hydrogen (secondary N) is 3. The molecule has 0 spiro atoms. The van der Waals surface area contributed by atoms with Gasteiger partial charge in [0.25, 0.3) is 11.8 Å². The van der Waals surface area contributed by atoms with Crippen LogP contribution in [0.25, 0.3) is 0 Å². The number of carbonyl (C=O) groups is 3. The number of aliphatic carboxylic acids is 1. The van der Waals surface area contributed by atoms with Gasteiger partial charge in [0, 0.05) is 40.1 Å². The number of hydrogen-bond acceptors (Lipinski definition) is 6. The largest absolute Gasteiger partial charge is 0.481 e. The normalized spacial score (nSPS) is 14.6. The van der Waals surface area contributed by atoms with E-state index in [1.807, 2.05) is 30.3 Å². The molecule has 0 saturated heterocycles. The molecule has 0 aliphatic carbocycles. The van der Waals surface area contributed by atoms with Crippen LogP contribution in [0.3, 0.4) is 0 Å². The number of fused-ring (bicyclic) bond motifs is 1. The van der Waals surface area contributed by atoms with Gasteiger partial charge in [0.1, 0.15) is 0 Å². The number of nitrogens with zero attached hydrogens (tertiary/aromatic N) is 2. The molecule has 3 aromatic rings. The Kier molecular flexibility index (Phi) is 8.33. The van der Waals surface area contributed by atoms with Gasteiger partial charge in [0.2, 0.25) is 0 Å². The van der Waals surface area contributed by atoms with E-state index in [1.165, 1.54) is 0 Å². The third-order valence-corrected chi connectivity index (χ3v) is 6.79. The zero-order valence-corrected chi connectivity index (χ0v) is 22.5. The summed E-state index contributed by atoms with van der Waals surface area (Å²) in [6.07, 6.45) is -0.211. The molecule has 0 radical (unpaired) electrons. The van der Waals surface area contributed by atoms with E-state index in [2.05, 4.69) is 36.9 Å². The van der Waals surface area contributed by atoms with Gasteiger partial charge in [-0.05, 0) is 53.6 Å². The fraction of sp³-hybridized carbons (Fsp3) is 0.185. The van der Waals surface area contributed by atoms with Gasteiger partial charge in [-0.3, -0.25) is 19.4 Å². The summed E-state index contributed by atoms with van der Waals surface area (Å²) in [5.41, 5.74) is 3.65. The van der Waals surface area contributed by atoms with Crippen LogP contribution >= 0.6 is 28.3 Å². The molecule has 3 aromatic carbocycles. The van der Waals surface area contributed by atoms with Crippen molar-refractivity contribution in [2.24, 2.45) is 4.99 Å². The molecular weight excluding hydrogens is 574 g/mol. The van der Waals surface area contributed by atoms with Crippen molar-refractivity contribution in [3.63, 3.8) is 0 Å². The van der Waals surface area contributed by atoms with Crippen molar-refractivity contribution < 1.29 is 19.5 Å². The Bertz CT molecular complexity index is 1410. The van der Waals surface area contributed by atoms with Gasteiger partial charge in [-0.2, -0.15) is 0 Å². The number of carboxylic acids is 1. The third kappa shape index (κ3) is 5.98. The first-order chi connectivity index (χ1) is 17.9. The lowest BCUT2D eigenvalue weighted by atomic mass is 10.0. The maximum absolute atomic E-state index is 13.4. The van der Waals surface area contributed by atoms with Gasteiger partial charge in [0.15, 0.2) is 5.96 Å². The van der Waals surface area contributed by atoms with Gasteiger partial charge < -0.3 is 26.0 Å². The third-order valence-electron chi connectivity index (χ3n) is 6.26. The predicted molar refractivity (Wildman–Crippen MR) is 151 cm³/mol. The average Bonchev–Trinajstić information content (AvgIpc) is 3.51. The number of amides is 2. The van der Waals surface area contributed by atoms with Gasteiger partial charge in [-0.25, -0.2) is 0 Å². The average molecular weight is 599 g/mol. The highest BCUT2D eigenvalue weighted by molar-refractivity contribution is 9.10. The van der Waals surface area contributed by atoms with E-state index in [-0.39, 0.29) is 30.6 Å². The van der Waals surface area contributed by atoms with Crippen molar-refractivity contribution >= 4 is 63.5 Å². The van der Waals surface area contributed by atoms with E-state index in [0.717, 1.165) is 27.8 Å². The van der Waals surface area contributed by atoms with Crippen LogP contribution in [0.15, 0.2) is 76.2 Å². The molecule has 0 saturated carbocycles. The number of halogens is 2. The van der Waals surface area contributed by atoms with E-state index in [9.17, 15) is 19.5 Å². The molecule has 4 N–H and O–H groups in total. The van der Waals surface area contributed by atoms with Crippen LogP contribution in [0.1, 0.15) is 44.3 Å². The van der Waals surface area contributed by atoms with E-state index >= 15 is 0 Å². The van der Waals surface area contributed by atoms with E-state index < -0.39 is 12.0 Å². The molecule has 2 aliphatic heterocycles. The van der Waals surface area contributed by atoms with E-state index in [1.54, 1.807) is 41.3 Å². The first-order valence-corrected chi connectivity index (χ1v) is 12.5. The van der Waals surface area contributed by atoms with E-state index in [0.29, 0.717) is 35.9 Å². The first-order valence-electron chi connectivity index (χ1n) is 11.8. The van der Waals surface area contributed by atoms with Crippen LogP contribution < -0.4 is 16.0 Å². The number of hydrogen-bond donors (Lipinski definition) is 4. The fourth-order valence-electron chi connectivity index (χ4n) is 4.47. The topological polar surface area (TPSA) is 123 Å². The van der Waals surface area contributed by atoms with Crippen LogP contribution in [0.5, 0.6) is 0 Å². The molecule has 196 valence electrons. The SMILES string of the molecule is Cl.O=C(O)CC(c1ccc(Br)cc1)N1Cc2ccc(NC(=O)c3cccc(NC4=NCCN4)c3)cc2C1=O. The summed E-state index contributed by atoms with van der Waals surface area (Å²) in [5, 5.41) is 18.6. The molecule has 5 rings (SSSR count). The second-order valence-corrected chi connectivity index (χ2v) is 9.70. The summed E-state index contributed by atoms with van der Waals surface area (Å²) in [7, 11) is 0. The number of aliphatic imine (C=N–C) groups is 1. The van der Waals surface area contributed by atoms with E-state index in [4.69, 9.17) is 0 Å². The van der Waals surface area contributed by atoms with Crippen LogP contribution in [-0.4, -0.2) is 46.8 Å². The Balaban J connectivity index is 0.00000336. The maximum atomic E-state index is 13.4. The monoisotopic (exact) mass is 597 g/mol. The Morgan fingerprint density at radius 2 is 1.87 bits per heavy atom. The Hall–Kier alpha value is -3.89. The summed E-state index contributed by atoms with van der Waals surface area (Å²) in [4.78, 5) is 43.8. The molecule has 2 aliphatic rings. The number of guanidine groups is 1. The van der Waals surface area contributed by atoms with Gasteiger partial charge >= 0.3 is 5.97 Å². The summed E-state index contributed by atoms with van der Waals surface area (Å²) >= 11 is 3.39. The minimum atomic E-state index is -0.989. The molecule has 0 aromatic heterocycles. The van der Waals surface area contributed by atoms with Gasteiger partial charge in [-0.1, -0.05) is 40.2 Å². The highest BCUT2D eigenvalue weighted by atomic mass is 79.9. The van der Waals surface area contributed by atoms with Crippen molar-refractivity contribution in [2.75, 3.05) is 23.7 Å². The second kappa shape index (κ2) is 11.7. The summed E-state index contributed by atoms with van der Waals surface area (Å²) < 4.78 is 0.868. The van der Waals surface area contributed by atoms with Crippen molar-refractivity contribution in [2.45, 2.75) is 19.0 Å². The molecule has 2 amide bonds. The highest BCUT2D eigenvalue weighted by Gasteiger charge is 2.35. The van der Waals surface area contributed by atoms with Crippen molar-refractivity contribution in [3.05, 3.63) is 93.5 Å². The molecular formula is C27H25BrClN5O4. The molecule has 0 fully saturated rings. The number of anilines is 2. The van der Waals surface area contributed by atoms with Crippen LogP contribution in [0, 0.1) is 0 Å². The lowest BCUT2D eigenvalue weighted by molar-refractivity contribution is -0.138. The second-order valence-electron chi connectivity index (χ2n) is 8.79. The molecule has 9 nitrogen and oxygen atoms in total. The fourth-order valence-corrected chi connectivity index (χ4v) is 4.74.